The summed E-state index contributed by atoms with van der Waals surface area (Å²) in [5, 5.41) is 9.40. The van der Waals surface area contributed by atoms with Crippen molar-refractivity contribution in [3.05, 3.63) is 58.4 Å². The van der Waals surface area contributed by atoms with Crippen LogP contribution in [0.2, 0.25) is 0 Å². The molecule has 1 N–H and O–H groups in total. The van der Waals surface area contributed by atoms with Crippen LogP contribution in [0.3, 0.4) is 0 Å². The fourth-order valence-corrected chi connectivity index (χ4v) is 3.74. The molecule has 0 unspecified atom stereocenters. The number of aromatic nitrogens is 2. The van der Waals surface area contributed by atoms with Gasteiger partial charge in [-0.25, -0.2) is 0 Å². The third-order valence-corrected chi connectivity index (χ3v) is 5.18. The van der Waals surface area contributed by atoms with Gasteiger partial charge in [-0.3, -0.25) is 9.48 Å². The van der Waals surface area contributed by atoms with Crippen LogP contribution < -0.4 is 10.1 Å². The molecule has 144 valence electrons. The van der Waals surface area contributed by atoms with E-state index in [1.807, 2.05) is 23.0 Å². The van der Waals surface area contributed by atoms with Crippen molar-refractivity contribution in [1.82, 2.24) is 15.1 Å². The van der Waals surface area contributed by atoms with Gasteiger partial charge in [0, 0.05) is 30.1 Å². The summed E-state index contributed by atoms with van der Waals surface area (Å²) in [6, 6.07) is 11.5. The number of aryl methyl sites for hydroxylation is 2. The van der Waals surface area contributed by atoms with Crippen LogP contribution in [0.1, 0.15) is 22.3 Å². The molecule has 28 heavy (non-hydrogen) atoms. The van der Waals surface area contributed by atoms with Gasteiger partial charge in [-0.15, -0.1) is 0 Å². The first-order valence-electron chi connectivity index (χ1n) is 9.03. The summed E-state index contributed by atoms with van der Waals surface area (Å²) in [7, 11) is 1.58. The molecule has 0 aliphatic rings. The summed E-state index contributed by atoms with van der Waals surface area (Å²) in [6.45, 7) is 3.37. The average molecular weight is 442 g/mol. The second-order valence-corrected chi connectivity index (χ2v) is 7.41. The number of halogens is 1. The number of hydrogen-bond donors (Lipinski definition) is 1. The zero-order valence-electron chi connectivity index (χ0n) is 15.7. The van der Waals surface area contributed by atoms with Crippen molar-refractivity contribution in [2.24, 2.45) is 0 Å². The molecule has 4 rings (SSSR count). The lowest BCUT2D eigenvalue weighted by Gasteiger charge is -2.08. The van der Waals surface area contributed by atoms with E-state index in [0.29, 0.717) is 28.1 Å². The minimum atomic E-state index is -0.158. The van der Waals surface area contributed by atoms with Crippen LogP contribution in [0.15, 0.2) is 51.7 Å². The number of methoxy groups -OCH3 is 1. The molecule has 2 aromatic carbocycles. The normalized spacial score (nSPS) is 11.2. The van der Waals surface area contributed by atoms with Gasteiger partial charge in [-0.1, -0.05) is 12.1 Å². The van der Waals surface area contributed by atoms with Crippen molar-refractivity contribution < 1.29 is 13.9 Å². The van der Waals surface area contributed by atoms with Gasteiger partial charge < -0.3 is 14.5 Å². The van der Waals surface area contributed by atoms with Gasteiger partial charge in [0.1, 0.15) is 11.3 Å². The van der Waals surface area contributed by atoms with E-state index in [-0.39, 0.29) is 5.91 Å². The van der Waals surface area contributed by atoms with Crippen LogP contribution in [0.5, 0.6) is 5.75 Å². The van der Waals surface area contributed by atoms with Gasteiger partial charge in [-0.05, 0) is 53.0 Å². The number of nitrogens with one attached hydrogen (secondary N) is 1. The monoisotopic (exact) mass is 441 g/mol. The molecule has 0 fully saturated rings. The third-order valence-electron chi connectivity index (χ3n) is 4.79. The van der Waals surface area contributed by atoms with Crippen molar-refractivity contribution in [2.75, 3.05) is 13.7 Å². The van der Waals surface area contributed by atoms with E-state index < -0.39 is 0 Å². The predicted octanol–water partition coefficient (Wildman–Crippen LogP) is 4.68. The first kappa shape index (κ1) is 18.6. The highest BCUT2D eigenvalue weighted by molar-refractivity contribution is 9.10. The summed E-state index contributed by atoms with van der Waals surface area (Å²) in [5.41, 5.74) is 3.44. The summed E-state index contributed by atoms with van der Waals surface area (Å²) in [6.07, 6.45) is 2.67. The van der Waals surface area contributed by atoms with Gasteiger partial charge >= 0.3 is 0 Å². The molecule has 0 aliphatic carbocycles. The van der Waals surface area contributed by atoms with Crippen molar-refractivity contribution in [3.8, 4) is 5.75 Å². The number of nitrogens with zero attached hydrogens (tertiary/aromatic N) is 2. The second-order valence-electron chi connectivity index (χ2n) is 6.63. The van der Waals surface area contributed by atoms with E-state index >= 15 is 0 Å². The number of ether oxygens (including phenoxy) is 1. The van der Waals surface area contributed by atoms with E-state index in [0.717, 1.165) is 29.3 Å². The number of carbonyl (C=O) groups is 1. The molecular weight excluding hydrogens is 422 g/mol. The highest BCUT2D eigenvalue weighted by Gasteiger charge is 2.14. The Morgan fingerprint density at radius 2 is 2.14 bits per heavy atom. The number of fused-ring (bicyclic) bond motifs is 2. The van der Waals surface area contributed by atoms with E-state index in [1.165, 1.54) is 5.56 Å². The van der Waals surface area contributed by atoms with Crippen LogP contribution in [0.25, 0.3) is 21.9 Å². The zero-order valence-corrected chi connectivity index (χ0v) is 17.2. The Balaban J connectivity index is 1.40. The lowest BCUT2D eigenvalue weighted by atomic mass is 10.1. The minimum absolute atomic E-state index is 0.158. The standard InChI is InChI=1S/C21H20BrN3O3/c1-13-5-3-6-17-16(13)12-24-25(17)8-4-7-23-21(26)14-9-18(27-2)15-11-20(22)28-19(15)10-14/h3,5-6,9-12H,4,7-8H2,1-2H3,(H,23,26). The predicted molar refractivity (Wildman–Crippen MR) is 112 cm³/mol. The topological polar surface area (TPSA) is 69.3 Å². The van der Waals surface area contributed by atoms with Crippen LogP contribution in [0.4, 0.5) is 0 Å². The summed E-state index contributed by atoms with van der Waals surface area (Å²) >= 11 is 3.31. The molecule has 0 saturated carbocycles. The Morgan fingerprint density at radius 1 is 1.29 bits per heavy atom. The maximum Gasteiger partial charge on any atom is 0.251 e. The molecule has 0 radical (unpaired) electrons. The molecule has 7 heteroatoms. The number of benzene rings is 2. The van der Waals surface area contributed by atoms with E-state index in [9.17, 15) is 4.79 Å². The number of hydrogen-bond acceptors (Lipinski definition) is 4. The van der Waals surface area contributed by atoms with E-state index in [2.05, 4.69) is 45.4 Å². The lowest BCUT2D eigenvalue weighted by molar-refractivity contribution is 0.0952. The van der Waals surface area contributed by atoms with Gasteiger partial charge in [0.25, 0.3) is 5.91 Å². The van der Waals surface area contributed by atoms with E-state index in [1.54, 1.807) is 19.2 Å². The van der Waals surface area contributed by atoms with Crippen molar-refractivity contribution >= 4 is 43.7 Å². The van der Waals surface area contributed by atoms with Crippen molar-refractivity contribution in [1.29, 1.82) is 0 Å². The quantitative estimate of drug-likeness (QED) is 0.441. The molecule has 0 bridgehead atoms. The van der Waals surface area contributed by atoms with Gasteiger partial charge in [0.05, 0.1) is 24.2 Å². The van der Waals surface area contributed by atoms with Crippen LogP contribution in [-0.2, 0) is 6.54 Å². The second kappa shape index (κ2) is 7.67. The maximum absolute atomic E-state index is 12.5. The molecule has 2 aromatic heterocycles. The fourth-order valence-electron chi connectivity index (χ4n) is 3.33. The average Bonchev–Trinajstić information content (AvgIpc) is 3.27. The summed E-state index contributed by atoms with van der Waals surface area (Å²) in [4.78, 5) is 12.5. The lowest BCUT2D eigenvalue weighted by Crippen LogP contribution is -2.25. The molecular formula is C21H20BrN3O3. The Kier molecular flexibility index (Phi) is 5.09. The van der Waals surface area contributed by atoms with Crippen LogP contribution >= 0.6 is 15.9 Å². The first-order valence-corrected chi connectivity index (χ1v) is 9.82. The number of amides is 1. The Morgan fingerprint density at radius 3 is 2.96 bits per heavy atom. The highest BCUT2D eigenvalue weighted by atomic mass is 79.9. The highest BCUT2D eigenvalue weighted by Crippen LogP contribution is 2.32. The van der Waals surface area contributed by atoms with Crippen LogP contribution in [-0.4, -0.2) is 29.3 Å². The number of furan rings is 1. The minimum Gasteiger partial charge on any atom is -0.496 e. The zero-order chi connectivity index (χ0) is 19.7. The number of carbonyl (C=O) groups excluding carboxylic acids is 1. The maximum atomic E-state index is 12.5. The van der Waals surface area contributed by atoms with Gasteiger partial charge in [-0.2, -0.15) is 5.10 Å². The fraction of sp³-hybridized carbons (Fsp3) is 0.238. The molecule has 0 aliphatic heterocycles. The Hall–Kier alpha value is -2.80. The SMILES string of the molecule is COc1cc(C(=O)NCCCn2ncc3c(C)cccc32)cc2oc(Br)cc12. The summed E-state index contributed by atoms with van der Waals surface area (Å²) in [5.74, 6) is 0.448. The largest absolute Gasteiger partial charge is 0.496 e. The Bertz CT molecular complexity index is 1160. The Labute approximate surface area is 170 Å². The van der Waals surface area contributed by atoms with Crippen molar-refractivity contribution in [2.45, 2.75) is 19.9 Å². The molecule has 0 saturated heterocycles. The van der Waals surface area contributed by atoms with Crippen LogP contribution in [0, 0.1) is 6.92 Å². The molecule has 0 spiro atoms. The molecule has 0 atom stereocenters. The smallest absolute Gasteiger partial charge is 0.251 e. The summed E-state index contributed by atoms with van der Waals surface area (Å²) < 4.78 is 13.5. The molecule has 6 nitrogen and oxygen atoms in total. The molecule has 1 amide bonds. The third kappa shape index (κ3) is 3.49. The van der Waals surface area contributed by atoms with Gasteiger partial charge in [0.15, 0.2) is 4.67 Å². The molecule has 2 heterocycles. The van der Waals surface area contributed by atoms with E-state index in [4.69, 9.17) is 9.15 Å². The van der Waals surface area contributed by atoms with Crippen molar-refractivity contribution in [3.63, 3.8) is 0 Å². The number of rotatable bonds is 6. The first-order chi connectivity index (χ1) is 13.6. The van der Waals surface area contributed by atoms with Gasteiger partial charge in [0.2, 0.25) is 0 Å². The molecule has 4 aromatic rings.